The number of likely N-dealkylation sites (tertiary alicyclic amines) is 1. The van der Waals surface area contributed by atoms with E-state index in [0.717, 1.165) is 29.1 Å². The smallest absolute Gasteiger partial charge is 0.119 e. The van der Waals surface area contributed by atoms with Crippen molar-refractivity contribution in [2.24, 2.45) is 0 Å². The Morgan fingerprint density at radius 2 is 2.26 bits per heavy atom. The van der Waals surface area contributed by atoms with Crippen molar-refractivity contribution in [1.82, 2.24) is 4.90 Å². The predicted molar refractivity (Wildman–Crippen MR) is 84.1 cm³/mol. The van der Waals surface area contributed by atoms with Crippen LogP contribution in [0, 0.1) is 0 Å². The minimum Gasteiger partial charge on any atom is -0.497 e. The van der Waals surface area contributed by atoms with Crippen LogP contribution in [0.5, 0.6) is 5.75 Å². The van der Waals surface area contributed by atoms with Crippen LogP contribution in [0.15, 0.2) is 22.7 Å². The van der Waals surface area contributed by atoms with Gasteiger partial charge >= 0.3 is 0 Å². The van der Waals surface area contributed by atoms with Crippen molar-refractivity contribution in [2.75, 3.05) is 19.5 Å². The first kappa shape index (κ1) is 15.1. The SMILES string of the molecule is COc1ccc(Br)c(CN2CCCCC2CCCl)c1. The number of piperidine rings is 1. The van der Waals surface area contributed by atoms with Gasteiger partial charge in [-0.1, -0.05) is 22.4 Å². The molecule has 1 heterocycles. The van der Waals surface area contributed by atoms with Crippen molar-refractivity contribution in [3.05, 3.63) is 28.2 Å². The molecule has 106 valence electrons. The second-order valence-electron chi connectivity index (χ2n) is 5.06. The molecule has 0 aromatic heterocycles. The Morgan fingerprint density at radius 1 is 1.42 bits per heavy atom. The number of benzene rings is 1. The van der Waals surface area contributed by atoms with Crippen LogP contribution in [0.2, 0.25) is 0 Å². The van der Waals surface area contributed by atoms with Crippen LogP contribution < -0.4 is 4.74 Å². The van der Waals surface area contributed by atoms with E-state index in [1.54, 1.807) is 7.11 Å². The van der Waals surface area contributed by atoms with Crippen LogP contribution in [0.3, 0.4) is 0 Å². The zero-order valence-electron chi connectivity index (χ0n) is 11.4. The molecule has 1 atom stereocenters. The molecule has 0 aliphatic carbocycles. The molecule has 0 amide bonds. The van der Waals surface area contributed by atoms with Gasteiger partial charge in [-0.15, -0.1) is 11.6 Å². The van der Waals surface area contributed by atoms with Crippen LogP contribution >= 0.6 is 27.5 Å². The molecule has 2 nitrogen and oxygen atoms in total. The maximum atomic E-state index is 5.93. The highest BCUT2D eigenvalue weighted by Crippen LogP contribution is 2.27. The number of hydrogen-bond donors (Lipinski definition) is 0. The highest BCUT2D eigenvalue weighted by Gasteiger charge is 2.22. The van der Waals surface area contributed by atoms with Gasteiger partial charge in [-0.25, -0.2) is 0 Å². The van der Waals surface area contributed by atoms with Gasteiger partial charge in [0.15, 0.2) is 0 Å². The van der Waals surface area contributed by atoms with E-state index in [-0.39, 0.29) is 0 Å². The highest BCUT2D eigenvalue weighted by atomic mass is 79.9. The molecule has 0 radical (unpaired) electrons. The molecule has 0 bridgehead atoms. The van der Waals surface area contributed by atoms with Gasteiger partial charge in [0.1, 0.15) is 5.75 Å². The van der Waals surface area contributed by atoms with Crippen LogP contribution in [0.4, 0.5) is 0 Å². The Labute approximate surface area is 129 Å². The number of methoxy groups -OCH3 is 1. The van der Waals surface area contributed by atoms with E-state index in [9.17, 15) is 0 Å². The van der Waals surface area contributed by atoms with Gasteiger partial charge < -0.3 is 4.74 Å². The van der Waals surface area contributed by atoms with Gasteiger partial charge in [0.25, 0.3) is 0 Å². The molecule has 0 N–H and O–H groups in total. The standard InChI is InChI=1S/C15H21BrClNO/c1-19-14-5-6-15(16)12(10-14)11-18-9-3-2-4-13(18)7-8-17/h5-6,10,13H,2-4,7-9,11H2,1H3. The monoisotopic (exact) mass is 345 g/mol. The van der Waals surface area contributed by atoms with Gasteiger partial charge in [0.2, 0.25) is 0 Å². The first-order valence-corrected chi connectivity index (χ1v) is 8.19. The van der Waals surface area contributed by atoms with E-state index in [2.05, 4.69) is 33.0 Å². The first-order valence-electron chi connectivity index (χ1n) is 6.87. The van der Waals surface area contributed by atoms with E-state index in [0.29, 0.717) is 6.04 Å². The van der Waals surface area contributed by atoms with Gasteiger partial charge in [0.05, 0.1) is 7.11 Å². The second kappa shape index (κ2) is 7.51. The molecule has 1 aromatic carbocycles. The van der Waals surface area contributed by atoms with E-state index in [1.807, 2.05) is 6.07 Å². The summed E-state index contributed by atoms with van der Waals surface area (Å²) in [7, 11) is 1.71. The third-order valence-corrected chi connectivity index (χ3v) is 4.81. The molecule has 0 spiro atoms. The van der Waals surface area contributed by atoms with Crippen molar-refractivity contribution in [3.63, 3.8) is 0 Å². The summed E-state index contributed by atoms with van der Waals surface area (Å²) >= 11 is 9.56. The molecule has 1 aromatic rings. The van der Waals surface area contributed by atoms with Crippen LogP contribution in [-0.2, 0) is 6.54 Å². The minimum absolute atomic E-state index is 0.629. The third-order valence-electron chi connectivity index (χ3n) is 3.82. The molecular weight excluding hydrogens is 326 g/mol. The lowest BCUT2D eigenvalue weighted by Crippen LogP contribution is -2.39. The Hall–Kier alpha value is -0.250. The maximum Gasteiger partial charge on any atom is 0.119 e. The number of ether oxygens (including phenoxy) is 1. The molecule has 1 fully saturated rings. The number of halogens is 2. The van der Waals surface area contributed by atoms with E-state index >= 15 is 0 Å². The van der Waals surface area contributed by atoms with E-state index in [1.165, 1.54) is 31.4 Å². The summed E-state index contributed by atoms with van der Waals surface area (Å²) in [4.78, 5) is 2.56. The van der Waals surface area contributed by atoms with E-state index < -0.39 is 0 Å². The summed E-state index contributed by atoms with van der Waals surface area (Å²) in [6.45, 7) is 2.14. The topological polar surface area (TPSA) is 12.5 Å². The number of rotatable bonds is 5. The van der Waals surface area contributed by atoms with Gasteiger partial charge in [-0.3, -0.25) is 4.90 Å². The second-order valence-corrected chi connectivity index (χ2v) is 6.29. The summed E-state index contributed by atoms with van der Waals surface area (Å²) in [6.07, 6.45) is 4.98. The Morgan fingerprint density at radius 3 is 3.00 bits per heavy atom. The zero-order valence-corrected chi connectivity index (χ0v) is 13.7. The lowest BCUT2D eigenvalue weighted by Gasteiger charge is -2.35. The third kappa shape index (κ3) is 4.11. The Balaban J connectivity index is 2.09. The molecule has 1 saturated heterocycles. The van der Waals surface area contributed by atoms with Crippen LogP contribution in [0.1, 0.15) is 31.2 Å². The van der Waals surface area contributed by atoms with Crippen LogP contribution in [-0.4, -0.2) is 30.5 Å². The summed E-state index contributed by atoms with van der Waals surface area (Å²) in [5, 5.41) is 0. The molecule has 1 aliphatic rings. The van der Waals surface area contributed by atoms with Gasteiger partial charge in [0, 0.05) is 22.9 Å². The summed E-state index contributed by atoms with van der Waals surface area (Å²) in [5.41, 5.74) is 1.29. The molecular formula is C15H21BrClNO. The maximum absolute atomic E-state index is 5.93. The highest BCUT2D eigenvalue weighted by molar-refractivity contribution is 9.10. The molecule has 2 rings (SSSR count). The summed E-state index contributed by atoms with van der Waals surface area (Å²) in [5.74, 6) is 1.67. The minimum atomic E-state index is 0.629. The fourth-order valence-electron chi connectivity index (χ4n) is 2.74. The van der Waals surface area contributed by atoms with Gasteiger partial charge in [-0.2, -0.15) is 0 Å². The molecule has 1 aliphatic heterocycles. The number of alkyl halides is 1. The molecule has 0 saturated carbocycles. The van der Waals surface area contributed by atoms with Crippen molar-refractivity contribution in [1.29, 1.82) is 0 Å². The first-order chi connectivity index (χ1) is 9.24. The average molecular weight is 347 g/mol. The van der Waals surface area contributed by atoms with Crippen molar-refractivity contribution in [3.8, 4) is 5.75 Å². The quantitative estimate of drug-likeness (QED) is 0.731. The Bertz CT molecular complexity index is 411. The fourth-order valence-corrected chi connectivity index (χ4v) is 3.36. The van der Waals surface area contributed by atoms with Crippen molar-refractivity contribution >= 4 is 27.5 Å². The normalized spacial score (nSPS) is 20.5. The van der Waals surface area contributed by atoms with Crippen LogP contribution in [0.25, 0.3) is 0 Å². The largest absolute Gasteiger partial charge is 0.497 e. The number of hydrogen-bond acceptors (Lipinski definition) is 2. The summed E-state index contributed by atoms with van der Waals surface area (Å²) in [6, 6.07) is 6.80. The van der Waals surface area contributed by atoms with Crippen molar-refractivity contribution in [2.45, 2.75) is 38.3 Å². The molecule has 4 heteroatoms. The predicted octanol–water partition coefficient (Wildman–Crippen LogP) is 4.44. The number of nitrogens with zero attached hydrogens (tertiary/aromatic N) is 1. The average Bonchev–Trinajstić information content (AvgIpc) is 2.43. The van der Waals surface area contributed by atoms with E-state index in [4.69, 9.17) is 16.3 Å². The van der Waals surface area contributed by atoms with Crippen molar-refractivity contribution < 1.29 is 4.74 Å². The van der Waals surface area contributed by atoms with Gasteiger partial charge in [-0.05, 0) is 49.6 Å². The lowest BCUT2D eigenvalue weighted by atomic mass is 9.99. The zero-order chi connectivity index (χ0) is 13.7. The molecule has 1 unspecified atom stereocenters. The molecule has 19 heavy (non-hydrogen) atoms. The summed E-state index contributed by atoms with van der Waals surface area (Å²) < 4.78 is 6.47. The lowest BCUT2D eigenvalue weighted by molar-refractivity contribution is 0.136. The Kier molecular flexibility index (Phi) is 5.99. The fraction of sp³-hybridized carbons (Fsp3) is 0.600.